The van der Waals surface area contributed by atoms with Gasteiger partial charge in [-0.25, -0.2) is 0 Å². The van der Waals surface area contributed by atoms with Crippen LogP contribution in [0, 0.1) is 5.41 Å². The Balaban J connectivity index is 5.36. The van der Waals surface area contributed by atoms with E-state index in [4.69, 9.17) is 9.47 Å². The Labute approximate surface area is 114 Å². The third-order valence-electron chi connectivity index (χ3n) is 3.74. The van der Waals surface area contributed by atoms with Crippen LogP contribution < -0.4 is 0 Å². The third-order valence-corrected chi connectivity index (χ3v) is 3.74. The van der Waals surface area contributed by atoms with Crippen molar-refractivity contribution in [3.63, 3.8) is 0 Å². The van der Waals surface area contributed by atoms with Crippen molar-refractivity contribution in [1.82, 2.24) is 0 Å². The molecule has 18 heavy (non-hydrogen) atoms. The van der Waals surface area contributed by atoms with Gasteiger partial charge >= 0.3 is 0 Å². The van der Waals surface area contributed by atoms with Crippen LogP contribution in [0.3, 0.4) is 0 Å². The summed E-state index contributed by atoms with van der Waals surface area (Å²) in [6, 6.07) is 0. The predicted molar refractivity (Wildman–Crippen MR) is 78.7 cm³/mol. The van der Waals surface area contributed by atoms with E-state index >= 15 is 0 Å². The normalized spacial score (nSPS) is 16.1. The van der Waals surface area contributed by atoms with Crippen LogP contribution in [0.15, 0.2) is 12.2 Å². The van der Waals surface area contributed by atoms with Gasteiger partial charge in [-0.05, 0) is 40.0 Å². The first-order valence-corrected chi connectivity index (χ1v) is 7.51. The Morgan fingerprint density at radius 2 is 1.50 bits per heavy atom. The van der Waals surface area contributed by atoms with E-state index in [1.54, 1.807) is 0 Å². The summed E-state index contributed by atoms with van der Waals surface area (Å²) in [5, 5.41) is 0. The zero-order valence-corrected chi connectivity index (χ0v) is 13.2. The quantitative estimate of drug-likeness (QED) is 0.407. The molecule has 2 heteroatoms. The van der Waals surface area contributed by atoms with Crippen LogP contribution in [-0.4, -0.2) is 19.0 Å². The van der Waals surface area contributed by atoms with Crippen molar-refractivity contribution in [2.75, 3.05) is 13.2 Å². The summed E-state index contributed by atoms with van der Waals surface area (Å²) < 4.78 is 12.0. The van der Waals surface area contributed by atoms with Gasteiger partial charge in [-0.2, -0.15) is 0 Å². The SMILES string of the molecule is CCC=CC(CC)(CCC)C(C)(OCC)OCC. The van der Waals surface area contributed by atoms with Crippen molar-refractivity contribution in [2.24, 2.45) is 5.41 Å². The number of hydrogen-bond acceptors (Lipinski definition) is 2. The van der Waals surface area contributed by atoms with Gasteiger partial charge in [0.05, 0.1) is 0 Å². The second-order valence-corrected chi connectivity index (χ2v) is 4.88. The van der Waals surface area contributed by atoms with Crippen molar-refractivity contribution in [2.45, 2.75) is 73.0 Å². The van der Waals surface area contributed by atoms with E-state index in [-0.39, 0.29) is 5.41 Å². The topological polar surface area (TPSA) is 18.5 Å². The zero-order chi connectivity index (χ0) is 14.1. The van der Waals surface area contributed by atoms with E-state index in [9.17, 15) is 0 Å². The lowest BCUT2D eigenvalue weighted by Gasteiger charge is -2.46. The Bertz CT molecular complexity index is 229. The monoisotopic (exact) mass is 256 g/mol. The number of ether oxygens (including phenoxy) is 2. The van der Waals surface area contributed by atoms with E-state index < -0.39 is 5.79 Å². The Kier molecular flexibility index (Phi) is 8.54. The van der Waals surface area contributed by atoms with Gasteiger partial charge in [-0.3, -0.25) is 0 Å². The van der Waals surface area contributed by atoms with E-state index in [2.05, 4.69) is 39.8 Å². The first-order chi connectivity index (χ1) is 8.55. The molecule has 1 atom stereocenters. The molecular formula is C16H32O2. The fourth-order valence-corrected chi connectivity index (χ4v) is 2.75. The van der Waals surface area contributed by atoms with Crippen LogP contribution in [0.5, 0.6) is 0 Å². The highest BCUT2D eigenvalue weighted by atomic mass is 16.7. The molecule has 0 radical (unpaired) electrons. The van der Waals surface area contributed by atoms with Crippen LogP contribution in [0.2, 0.25) is 0 Å². The van der Waals surface area contributed by atoms with Crippen molar-refractivity contribution >= 4 is 0 Å². The lowest BCUT2D eigenvalue weighted by molar-refractivity contribution is -0.276. The molecule has 0 saturated heterocycles. The average molecular weight is 256 g/mol. The number of rotatable bonds is 10. The van der Waals surface area contributed by atoms with Gasteiger partial charge in [-0.15, -0.1) is 0 Å². The standard InChI is InChI=1S/C16H32O2/c1-7-12-14-16(9-3,13-8-2)15(6,17-10-4)18-11-5/h12,14H,7-11,13H2,1-6H3. The highest BCUT2D eigenvalue weighted by Gasteiger charge is 2.46. The lowest BCUT2D eigenvalue weighted by Crippen LogP contribution is -2.49. The molecule has 0 rings (SSSR count). The van der Waals surface area contributed by atoms with Crippen molar-refractivity contribution in [3.8, 4) is 0 Å². The number of hydrogen-bond donors (Lipinski definition) is 0. The molecule has 2 nitrogen and oxygen atoms in total. The molecule has 0 aliphatic rings. The smallest absolute Gasteiger partial charge is 0.174 e. The predicted octanol–water partition coefficient (Wildman–Crippen LogP) is 4.94. The molecule has 0 saturated carbocycles. The largest absolute Gasteiger partial charge is 0.350 e. The summed E-state index contributed by atoms with van der Waals surface area (Å²) in [5.74, 6) is -0.521. The van der Waals surface area contributed by atoms with Gasteiger partial charge in [0, 0.05) is 18.6 Å². The van der Waals surface area contributed by atoms with Crippen molar-refractivity contribution < 1.29 is 9.47 Å². The minimum atomic E-state index is -0.521. The third kappa shape index (κ3) is 4.10. The molecule has 0 fully saturated rings. The summed E-state index contributed by atoms with van der Waals surface area (Å²) in [6.07, 6.45) is 8.89. The molecule has 0 aromatic rings. The lowest BCUT2D eigenvalue weighted by atomic mass is 9.73. The van der Waals surface area contributed by atoms with Gasteiger partial charge in [-0.1, -0.05) is 39.3 Å². The highest BCUT2D eigenvalue weighted by molar-refractivity contribution is 5.06. The fraction of sp³-hybridized carbons (Fsp3) is 0.875. The molecule has 108 valence electrons. The molecule has 0 aromatic carbocycles. The average Bonchev–Trinajstić information content (AvgIpc) is 2.35. The van der Waals surface area contributed by atoms with Crippen LogP contribution in [0.4, 0.5) is 0 Å². The van der Waals surface area contributed by atoms with Gasteiger partial charge in [0.15, 0.2) is 5.79 Å². The highest BCUT2D eigenvalue weighted by Crippen LogP contribution is 2.44. The molecule has 1 unspecified atom stereocenters. The van der Waals surface area contributed by atoms with E-state index in [1.165, 1.54) is 0 Å². The second kappa shape index (κ2) is 8.71. The molecule has 0 N–H and O–H groups in total. The van der Waals surface area contributed by atoms with E-state index in [1.807, 2.05) is 13.8 Å². The summed E-state index contributed by atoms with van der Waals surface area (Å²) in [4.78, 5) is 0. The molecule has 0 amide bonds. The molecule has 0 spiro atoms. The fourth-order valence-electron chi connectivity index (χ4n) is 2.75. The van der Waals surface area contributed by atoms with Gasteiger partial charge < -0.3 is 9.47 Å². The maximum atomic E-state index is 6.00. The van der Waals surface area contributed by atoms with Crippen LogP contribution in [-0.2, 0) is 9.47 Å². The van der Waals surface area contributed by atoms with Crippen molar-refractivity contribution in [3.05, 3.63) is 12.2 Å². The van der Waals surface area contributed by atoms with Gasteiger partial charge in [0.2, 0.25) is 0 Å². The Morgan fingerprint density at radius 3 is 1.83 bits per heavy atom. The second-order valence-electron chi connectivity index (χ2n) is 4.88. The van der Waals surface area contributed by atoms with Crippen molar-refractivity contribution in [1.29, 1.82) is 0 Å². The summed E-state index contributed by atoms with van der Waals surface area (Å²) >= 11 is 0. The summed E-state index contributed by atoms with van der Waals surface area (Å²) in [7, 11) is 0. The van der Waals surface area contributed by atoms with Crippen LogP contribution >= 0.6 is 0 Å². The van der Waals surface area contributed by atoms with Crippen LogP contribution in [0.1, 0.15) is 67.2 Å². The number of allylic oxidation sites excluding steroid dienone is 1. The van der Waals surface area contributed by atoms with Gasteiger partial charge in [0.25, 0.3) is 0 Å². The maximum absolute atomic E-state index is 6.00. The molecule has 0 bridgehead atoms. The van der Waals surface area contributed by atoms with Crippen LogP contribution in [0.25, 0.3) is 0 Å². The first kappa shape index (κ1) is 17.7. The minimum Gasteiger partial charge on any atom is -0.350 e. The molecule has 0 aliphatic heterocycles. The molecule has 0 aromatic heterocycles. The van der Waals surface area contributed by atoms with E-state index in [0.717, 1.165) is 25.7 Å². The Morgan fingerprint density at radius 1 is 0.944 bits per heavy atom. The summed E-state index contributed by atoms with van der Waals surface area (Å²) in [6.45, 7) is 14.2. The zero-order valence-electron chi connectivity index (χ0n) is 13.2. The molecule has 0 heterocycles. The van der Waals surface area contributed by atoms with E-state index in [0.29, 0.717) is 13.2 Å². The summed E-state index contributed by atoms with van der Waals surface area (Å²) in [5.41, 5.74) is -0.0240. The first-order valence-electron chi connectivity index (χ1n) is 7.51. The van der Waals surface area contributed by atoms with Gasteiger partial charge in [0.1, 0.15) is 0 Å². The minimum absolute atomic E-state index is 0.0240. The Hall–Kier alpha value is -0.340. The maximum Gasteiger partial charge on any atom is 0.174 e. The molecule has 0 aliphatic carbocycles. The molecular weight excluding hydrogens is 224 g/mol.